The van der Waals surface area contributed by atoms with Gasteiger partial charge in [-0.2, -0.15) is 0 Å². The molecule has 0 aliphatic heterocycles. The molecule has 0 fully saturated rings. The lowest BCUT2D eigenvalue weighted by Gasteiger charge is -2.43. The Hall–Kier alpha value is -3.35. The number of carbonyl (C=O) groups excluding carboxylic acids is 2. The number of ether oxygens (including phenoxy) is 2. The third-order valence-corrected chi connectivity index (χ3v) is 6.40. The zero-order valence-corrected chi connectivity index (χ0v) is 21.2. The number of hydrogen-bond acceptors (Lipinski definition) is 6. The maximum atomic E-state index is 13.4. The molecule has 6 nitrogen and oxygen atoms in total. The van der Waals surface area contributed by atoms with Crippen LogP contribution in [0.25, 0.3) is 0 Å². The van der Waals surface area contributed by atoms with Crippen LogP contribution in [0.15, 0.2) is 91.2 Å². The summed E-state index contributed by atoms with van der Waals surface area (Å²) in [6, 6.07) is 16.8. The van der Waals surface area contributed by atoms with Gasteiger partial charge < -0.3 is 19.9 Å². The van der Waals surface area contributed by atoms with Gasteiger partial charge in [0, 0.05) is 29.6 Å². The largest absolute Gasteiger partial charge is 0.461 e. The molecule has 0 radical (unpaired) electrons. The quantitative estimate of drug-likeness (QED) is 0.336. The summed E-state index contributed by atoms with van der Waals surface area (Å²) < 4.78 is 10.8. The number of aliphatic hydroxyl groups is 1. The van der Waals surface area contributed by atoms with Crippen LogP contribution >= 0.6 is 11.6 Å². The Balaban J connectivity index is 2.09. The molecule has 36 heavy (non-hydrogen) atoms. The van der Waals surface area contributed by atoms with Crippen molar-refractivity contribution in [2.24, 2.45) is 5.92 Å². The maximum Gasteiger partial charge on any atom is 0.336 e. The van der Waals surface area contributed by atoms with Crippen molar-refractivity contribution in [3.8, 4) is 0 Å². The van der Waals surface area contributed by atoms with E-state index in [0.717, 1.165) is 5.56 Å². The highest BCUT2D eigenvalue weighted by Gasteiger charge is 2.52. The lowest BCUT2D eigenvalue weighted by molar-refractivity contribution is -0.159. The molecule has 0 saturated carbocycles. The first-order valence-corrected chi connectivity index (χ1v) is 12.2. The van der Waals surface area contributed by atoms with Crippen LogP contribution in [0.4, 0.5) is 0 Å². The van der Waals surface area contributed by atoms with Crippen LogP contribution in [0.1, 0.15) is 30.4 Å². The van der Waals surface area contributed by atoms with Crippen molar-refractivity contribution in [2.45, 2.75) is 31.3 Å². The van der Waals surface area contributed by atoms with E-state index in [9.17, 15) is 14.7 Å². The van der Waals surface area contributed by atoms with Crippen molar-refractivity contribution in [1.82, 2.24) is 5.32 Å². The number of esters is 2. The predicted octanol–water partition coefficient (Wildman–Crippen LogP) is 4.74. The van der Waals surface area contributed by atoms with E-state index in [4.69, 9.17) is 21.1 Å². The summed E-state index contributed by atoms with van der Waals surface area (Å²) in [6.07, 6.45) is 3.68. The molecule has 0 aromatic heterocycles. The molecule has 2 aromatic carbocycles. The summed E-state index contributed by atoms with van der Waals surface area (Å²) in [5.41, 5.74) is 1.05. The molecule has 2 N–H and O–H groups in total. The van der Waals surface area contributed by atoms with Gasteiger partial charge in [0.2, 0.25) is 0 Å². The second kappa shape index (κ2) is 12.6. The molecule has 0 bridgehead atoms. The average molecular weight is 510 g/mol. The summed E-state index contributed by atoms with van der Waals surface area (Å²) in [5, 5.41) is 15.4. The minimum Gasteiger partial charge on any atom is -0.461 e. The Labute approximate surface area is 217 Å². The Morgan fingerprint density at radius 1 is 1.08 bits per heavy atom. The molecule has 0 spiro atoms. The van der Waals surface area contributed by atoms with Crippen LogP contribution in [-0.4, -0.2) is 42.4 Å². The smallest absolute Gasteiger partial charge is 0.336 e. The zero-order valence-electron chi connectivity index (χ0n) is 20.4. The van der Waals surface area contributed by atoms with E-state index in [-0.39, 0.29) is 25.2 Å². The van der Waals surface area contributed by atoms with E-state index in [2.05, 4.69) is 18.5 Å². The molecular weight excluding hydrogens is 478 g/mol. The van der Waals surface area contributed by atoms with Gasteiger partial charge >= 0.3 is 11.9 Å². The van der Waals surface area contributed by atoms with Gasteiger partial charge in [0.15, 0.2) is 0 Å². The first kappa shape index (κ1) is 27.2. The van der Waals surface area contributed by atoms with E-state index in [1.807, 2.05) is 30.3 Å². The lowest BCUT2D eigenvalue weighted by Crippen LogP contribution is -2.50. The van der Waals surface area contributed by atoms with E-state index in [0.29, 0.717) is 29.2 Å². The van der Waals surface area contributed by atoms with Gasteiger partial charge in [-0.25, -0.2) is 4.79 Å². The Morgan fingerprint density at radius 3 is 2.36 bits per heavy atom. The van der Waals surface area contributed by atoms with E-state index in [1.54, 1.807) is 31.2 Å². The fourth-order valence-corrected chi connectivity index (χ4v) is 4.68. The van der Waals surface area contributed by atoms with Gasteiger partial charge in [-0.15, -0.1) is 0 Å². The number of hydrogen-bond donors (Lipinski definition) is 2. The zero-order chi connectivity index (χ0) is 26.1. The summed E-state index contributed by atoms with van der Waals surface area (Å²) >= 11 is 6.12. The van der Waals surface area contributed by atoms with Crippen LogP contribution < -0.4 is 5.32 Å². The summed E-state index contributed by atoms with van der Waals surface area (Å²) in [6.45, 7) is 9.31. The van der Waals surface area contributed by atoms with Crippen LogP contribution in [-0.2, 0) is 25.5 Å². The molecule has 3 rings (SSSR count). The highest BCUT2D eigenvalue weighted by molar-refractivity contribution is 6.30. The van der Waals surface area contributed by atoms with Crippen molar-refractivity contribution in [2.75, 3.05) is 19.8 Å². The first-order chi connectivity index (χ1) is 17.3. The average Bonchev–Trinajstić information content (AvgIpc) is 2.86. The lowest BCUT2D eigenvalue weighted by atomic mass is 9.66. The second-order valence-electron chi connectivity index (χ2n) is 8.90. The minimum atomic E-state index is -1.51. The molecule has 2 aromatic rings. The van der Waals surface area contributed by atoms with Gasteiger partial charge in [-0.1, -0.05) is 79.4 Å². The Bertz CT molecular complexity index is 1110. The van der Waals surface area contributed by atoms with Crippen molar-refractivity contribution < 1.29 is 24.2 Å². The summed E-state index contributed by atoms with van der Waals surface area (Å²) in [4.78, 5) is 26.6. The molecule has 3 atom stereocenters. The topological polar surface area (TPSA) is 84.9 Å². The predicted molar refractivity (Wildman–Crippen MR) is 140 cm³/mol. The number of carbonyl (C=O) groups is 2. The highest BCUT2D eigenvalue weighted by atomic mass is 35.5. The molecule has 0 heterocycles. The molecule has 7 heteroatoms. The highest BCUT2D eigenvalue weighted by Crippen LogP contribution is 2.47. The SMILES string of the molecule is C=CCOC(=O)C1=C(NCCc2ccccc2)C[C@@](C)(O)[C@@H](C(=O)OCC=C)[C@H]1c1ccc(Cl)cc1. The monoisotopic (exact) mass is 509 g/mol. The van der Waals surface area contributed by atoms with Crippen LogP contribution in [0, 0.1) is 5.92 Å². The number of nitrogens with one attached hydrogen (secondary N) is 1. The van der Waals surface area contributed by atoms with Gasteiger partial charge in [-0.05, 0) is 36.6 Å². The van der Waals surface area contributed by atoms with Gasteiger partial charge in [0.1, 0.15) is 13.2 Å². The molecule has 0 saturated heterocycles. The normalized spacial score (nSPS) is 21.4. The molecule has 1 aliphatic rings. The molecule has 190 valence electrons. The van der Waals surface area contributed by atoms with Gasteiger partial charge in [0.05, 0.1) is 17.1 Å². The van der Waals surface area contributed by atoms with Gasteiger partial charge in [0.25, 0.3) is 0 Å². The van der Waals surface area contributed by atoms with Crippen molar-refractivity contribution in [3.05, 3.63) is 107 Å². The third-order valence-electron chi connectivity index (χ3n) is 6.15. The summed E-state index contributed by atoms with van der Waals surface area (Å²) in [7, 11) is 0. The van der Waals surface area contributed by atoms with E-state index >= 15 is 0 Å². The number of benzene rings is 2. The van der Waals surface area contributed by atoms with E-state index in [1.165, 1.54) is 12.2 Å². The van der Waals surface area contributed by atoms with Crippen LogP contribution in [0.2, 0.25) is 5.02 Å². The van der Waals surface area contributed by atoms with Crippen molar-refractivity contribution >= 4 is 23.5 Å². The van der Waals surface area contributed by atoms with Crippen LogP contribution in [0.3, 0.4) is 0 Å². The first-order valence-electron chi connectivity index (χ1n) is 11.8. The second-order valence-corrected chi connectivity index (χ2v) is 9.34. The Kier molecular flexibility index (Phi) is 9.51. The standard InChI is InChI=1S/C29H32ClNO5/c1-4-17-35-27(32)25-23(31-16-15-20-9-7-6-8-10-20)19-29(3,34)26(28(33)36-18-5-2)24(25)21-11-13-22(30)14-12-21/h4-14,24,26,31,34H,1-2,15-19H2,3H3/t24-,26+,29+/m0/s1. The third kappa shape index (κ3) is 6.65. The maximum absolute atomic E-state index is 13.4. The summed E-state index contributed by atoms with van der Waals surface area (Å²) in [5.74, 6) is -3.12. The molecule has 1 aliphatic carbocycles. The van der Waals surface area contributed by atoms with Crippen molar-refractivity contribution in [1.29, 1.82) is 0 Å². The van der Waals surface area contributed by atoms with Crippen LogP contribution in [0.5, 0.6) is 0 Å². The fourth-order valence-electron chi connectivity index (χ4n) is 4.55. The molecule has 0 unspecified atom stereocenters. The fraction of sp³-hybridized carbons (Fsp3) is 0.310. The molecule has 0 amide bonds. The van der Waals surface area contributed by atoms with E-state index < -0.39 is 29.4 Å². The van der Waals surface area contributed by atoms with Crippen molar-refractivity contribution in [3.63, 3.8) is 0 Å². The van der Waals surface area contributed by atoms with Gasteiger partial charge in [-0.3, -0.25) is 4.79 Å². The Morgan fingerprint density at radius 2 is 1.72 bits per heavy atom. The number of rotatable bonds is 11. The minimum absolute atomic E-state index is 0.00887. The molecular formula is C29H32ClNO5. The number of halogens is 1.